The van der Waals surface area contributed by atoms with Crippen molar-refractivity contribution in [1.29, 1.82) is 0 Å². The molecular weight excluding hydrogens is 260 g/mol. The third-order valence-electron chi connectivity index (χ3n) is 4.72. The normalized spacial score (nSPS) is 35.3. The van der Waals surface area contributed by atoms with Gasteiger partial charge in [-0.25, -0.2) is 0 Å². The van der Waals surface area contributed by atoms with Crippen LogP contribution in [0.3, 0.4) is 0 Å². The zero-order valence-corrected chi connectivity index (χ0v) is 12.4. The summed E-state index contributed by atoms with van der Waals surface area (Å²) in [6, 6.07) is 1.54. The number of carbonyl (C=O) groups is 1. The minimum Gasteiger partial charge on any atom is -0.380 e. The Morgan fingerprint density at radius 1 is 1.37 bits per heavy atom. The molecule has 2 unspecified atom stereocenters. The average Bonchev–Trinajstić information content (AvgIpc) is 3.15. The van der Waals surface area contributed by atoms with Gasteiger partial charge in [0.1, 0.15) is 5.60 Å². The van der Waals surface area contributed by atoms with Crippen molar-refractivity contribution in [3.63, 3.8) is 0 Å². The standard InChI is InChI=1S/C14H24N2O2S/c1-10-8-11(9-16(10)12-2-3-12)15-13(17)14(18)4-6-19-7-5-14/h10-12,18H,2-9H2,1H3,(H,15,17). The maximum Gasteiger partial charge on any atom is 0.252 e. The van der Waals surface area contributed by atoms with Gasteiger partial charge in [-0.15, -0.1) is 0 Å². The molecule has 2 aliphatic heterocycles. The SMILES string of the molecule is CC1CC(NC(=O)C2(O)CCSCC2)CN1C1CC1. The third-order valence-corrected chi connectivity index (χ3v) is 5.70. The van der Waals surface area contributed by atoms with Gasteiger partial charge in [0, 0.05) is 24.7 Å². The lowest BCUT2D eigenvalue weighted by Crippen LogP contribution is -2.52. The molecule has 1 aliphatic carbocycles. The lowest BCUT2D eigenvalue weighted by Gasteiger charge is -2.31. The van der Waals surface area contributed by atoms with Crippen molar-refractivity contribution in [3.8, 4) is 0 Å². The first kappa shape index (κ1) is 13.7. The van der Waals surface area contributed by atoms with Gasteiger partial charge >= 0.3 is 0 Å². The van der Waals surface area contributed by atoms with E-state index in [-0.39, 0.29) is 11.9 Å². The van der Waals surface area contributed by atoms with E-state index in [0.717, 1.165) is 30.5 Å². The number of thioether (sulfide) groups is 1. The van der Waals surface area contributed by atoms with Gasteiger partial charge in [-0.1, -0.05) is 0 Å². The number of likely N-dealkylation sites (tertiary alicyclic amines) is 1. The van der Waals surface area contributed by atoms with Crippen LogP contribution in [-0.2, 0) is 4.79 Å². The second kappa shape index (κ2) is 5.26. The molecule has 4 nitrogen and oxygen atoms in total. The summed E-state index contributed by atoms with van der Waals surface area (Å²) in [6.07, 6.45) is 4.83. The molecule has 2 heterocycles. The molecule has 19 heavy (non-hydrogen) atoms. The summed E-state index contributed by atoms with van der Waals surface area (Å²) in [5, 5.41) is 13.5. The zero-order valence-electron chi connectivity index (χ0n) is 11.6. The predicted octanol–water partition coefficient (Wildman–Crippen LogP) is 0.986. The number of nitrogens with zero attached hydrogens (tertiary/aromatic N) is 1. The fourth-order valence-electron chi connectivity index (χ4n) is 3.33. The second-order valence-corrected chi connectivity index (χ2v) is 7.55. The Balaban J connectivity index is 1.55. The number of nitrogens with one attached hydrogen (secondary N) is 1. The molecule has 1 amide bonds. The fourth-order valence-corrected chi connectivity index (χ4v) is 4.50. The molecule has 0 spiro atoms. The van der Waals surface area contributed by atoms with Gasteiger partial charge < -0.3 is 10.4 Å². The van der Waals surface area contributed by atoms with Crippen LogP contribution in [0, 0.1) is 0 Å². The first-order chi connectivity index (χ1) is 9.08. The van der Waals surface area contributed by atoms with Gasteiger partial charge in [-0.05, 0) is 50.5 Å². The number of aliphatic hydroxyl groups is 1. The quantitative estimate of drug-likeness (QED) is 0.811. The van der Waals surface area contributed by atoms with Crippen LogP contribution in [0.4, 0.5) is 0 Å². The van der Waals surface area contributed by atoms with Crippen LogP contribution in [0.25, 0.3) is 0 Å². The largest absolute Gasteiger partial charge is 0.380 e. The van der Waals surface area contributed by atoms with Gasteiger partial charge in [0.2, 0.25) is 0 Å². The van der Waals surface area contributed by atoms with Crippen LogP contribution in [-0.4, -0.2) is 57.7 Å². The van der Waals surface area contributed by atoms with Gasteiger partial charge in [0.15, 0.2) is 0 Å². The topological polar surface area (TPSA) is 52.6 Å². The Hall–Kier alpha value is -0.260. The number of carbonyl (C=O) groups excluding carboxylic acids is 1. The van der Waals surface area contributed by atoms with Gasteiger partial charge in [0.05, 0.1) is 0 Å². The van der Waals surface area contributed by atoms with Gasteiger partial charge in [-0.2, -0.15) is 11.8 Å². The molecule has 1 saturated carbocycles. The maximum atomic E-state index is 12.3. The van der Waals surface area contributed by atoms with E-state index in [1.807, 2.05) is 11.8 Å². The highest BCUT2D eigenvalue weighted by atomic mass is 32.2. The lowest BCUT2D eigenvalue weighted by atomic mass is 9.95. The molecular formula is C14H24N2O2S. The van der Waals surface area contributed by atoms with Crippen molar-refractivity contribution < 1.29 is 9.90 Å². The van der Waals surface area contributed by atoms with E-state index in [1.54, 1.807) is 0 Å². The molecule has 108 valence electrons. The fraction of sp³-hybridized carbons (Fsp3) is 0.929. The van der Waals surface area contributed by atoms with Crippen LogP contribution in [0.1, 0.15) is 39.0 Å². The Morgan fingerprint density at radius 3 is 2.68 bits per heavy atom. The maximum absolute atomic E-state index is 12.3. The highest BCUT2D eigenvalue weighted by Gasteiger charge is 2.42. The summed E-state index contributed by atoms with van der Waals surface area (Å²) in [4.78, 5) is 14.8. The van der Waals surface area contributed by atoms with Crippen molar-refractivity contribution in [1.82, 2.24) is 10.2 Å². The number of hydrogen-bond donors (Lipinski definition) is 2. The van der Waals surface area contributed by atoms with Crippen molar-refractivity contribution in [3.05, 3.63) is 0 Å². The van der Waals surface area contributed by atoms with E-state index < -0.39 is 5.60 Å². The van der Waals surface area contributed by atoms with Crippen LogP contribution < -0.4 is 5.32 Å². The Bertz CT molecular complexity index is 353. The molecule has 3 aliphatic rings. The molecule has 0 radical (unpaired) electrons. The minimum atomic E-state index is -1.11. The average molecular weight is 284 g/mol. The van der Waals surface area contributed by atoms with Crippen molar-refractivity contribution >= 4 is 17.7 Å². The van der Waals surface area contributed by atoms with Gasteiger partial charge in [-0.3, -0.25) is 9.69 Å². The molecule has 3 rings (SSSR count). The van der Waals surface area contributed by atoms with E-state index in [0.29, 0.717) is 18.9 Å². The van der Waals surface area contributed by atoms with E-state index in [2.05, 4.69) is 17.1 Å². The van der Waals surface area contributed by atoms with Gasteiger partial charge in [0.25, 0.3) is 5.91 Å². The van der Waals surface area contributed by atoms with Crippen molar-refractivity contribution in [2.24, 2.45) is 0 Å². The van der Waals surface area contributed by atoms with E-state index in [9.17, 15) is 9.90 Å². The van der Waals surface area contributed by atoms with E-state index in [1.165, 1.54) is 12.8 Å². The van der Waals surface area contributed by atoms with E-state index in [4.69, 9.17) is 0 Å². The van der Waals surface area contributed by atoms with E-state index >= 15 is 0 Å². The molecule has 2 atom stereocenters. The van der Waals surface area contributed by atoms with Crippen LogP contribution in [0.2, 0.25) is 0 Å². The lowest BCUT2D eigenvalue weighted by molar-refractivity contribution is -0.141. The summed E-state index contributed by atoms with van der Waals surface area (Å²) in [5.74, 6) is 1.64. The number of hydrogen-bond acceptors (Lipinski definition) is 4. The monoisotopic (exact) mass is 284 g/mol. The van der Waals surface area contributed by atoms with Crippen LogP contribution in [0.5, 0.6) is 0 Å². The van der Waals surface area contributed by atoms with Crippen molar-refractivity contribution in [2.45, 2.75) is 62.8 Å². The first-order valence-electron chi connectivity index (χ1n) is 7.45. The van der Waals surface area contributed by atoms with Crippen LogP contribution >= 0.6 is 11.8 Å². The van der Waals surface area contributed by atoms with Crippen LogP contribution in [0.15, 0.2) is 0 Å². The predicted molar refractivity (Wildman–Crippen MR) is 77.2 cm³/mol. The summed E-state index contributed by atoms with van der Waals surface area (Å²) in [6.45, 7) is 3.21. The number of amides is 1. The zero-order chi connectivity index (χ0) is 13.5. The molecule has 0 aromatic carbocycles. The highest BCUT2D eigenvalue weighted by Crippen LogP contribution is 2.34. The highest BCUT2D eigenvalue weighted by molar-refractivity contribution is 7.99. The first-order valence-corrected chi connectivity index (χ1v) is 8.61. The summed E-state index contributed by atoms with van der Waals surface area (Å²) in [7, 11) is 0. The molecule has 0 bridgehead atoms. The Kier molecular flexibility index (Phi) is 3.80. The molecule has 3 fully saturated rings. The minimum absolute atomic E-state index is 0.136. The Labute approximate surface area is 119 Å². The summed E-state index contributed by atoms with van der Waals surface area (Å²) < 4.78 is 0. The van der Waals surface area contributed by atoms with Crippen molar-refractivity contribution in [2.75, 3.05) is 18.1 Å². The smallest absolute Gasteiger partial charge is 0.252 e. The summed E-state index contributed by atoms with van der Waals surface area (Å²) in [5.41, 5.74) is -1.11. The Morgan fingerprint density at radius 2 is 2.05 bits per heavy atom. The number of rotatable bonds is 3. The summed E-state index contributed by atoms with van der Waals surface area (Å²) >= 11 is 1.82. The molecule has 0 aromatic rings. The molecule has 2 saturated heterocycles. The molecule has 0 aromatic heterocycles. The molecule has 5 heteroatoms. The molecule has 2 N–H and O–H groups in total. The third kappa shape index (κ3) is 2.93. The second-order valence-electron chi connectivity index (χ2n) is 6.33.